The first-order valence-corrected chi connectivity index (χ1v) is 15.9. The largest absolute Gasteiger partial charge is 0.454 e. The van der Waals surface area contributed by atoms with Crippen molar-refractivity contribution >= 4 is 40.6 Å². The molecule has 2 heterocycles. The highest BCUT2D eigenvalue weighted by atomic mass is 32.2. The predicted molar refractivity (Wildman–Crippen MR) is 180 cm³/mol. The van der Waals surface area contributed by atoms with Gasteiger partial charge in [-0.2, -0.15) is 4.39 Å². The number of benzene rings is 3. The van der Waals surface area contributed by atoms with Crippen molar-refractivity contribution in [3.8, 4) is 17.4 Å². The number of fused-ring (bicyclic) bond motifs is 1. The van der Waals surface area contributed by atoms with Crippen LogP contribution in [0.15, 0.2) is 65.0 Å². The van der Waals surface area contributed by atoms with Gasteiger partial charge in [-0.3, -0.25) is 4.99 Å². The van der Waals surface area contributed by atoms with Crippen LogP contribution in [0.3, 0.4) is 0 Å². The lowest BCUT2D eigenvalue weighted by atomic mass is 9.95. The number of halogens is 3. The number of nitrogens with one attached hydrogen (secondary N) is 3. The van der Waals surface area contributed by atoms with Gasteiger partial charge in [0.1, 0.15) is 11.6 Å². The second kappa shape index (κ2) is 15.0. The summed E-state index contributed by atoms with van der Waals surface area (Å²) in [5.41, 5.74) is 4.34. The molecular formula is C34H38F3N5O3S. The lowest BCUT2D eigenvalue weighted by Gasteiger charge is -2.25. The van der Waals surface area contributed by atoms with Crippen LogP contribution in [0.4, 0.5) is 24.5 Å². The van der Waals surface area contributed by atoms with Crippen LogP contribution in [0.1, 0.15) is 44.2 Å². The summed E-state index contributed by atoms with van der Waals surface area (Å²) in [6.45, 7) is 10.9. The standard InChI is InChI=1S/C34H38F3N5O3S/c1-6-20(2)33-26(36)16-24(44-30-9-7-8-25(35)34(30)37)17-29(33)39-22(4)31(19-38-5)45-32-15-23-14-21(3)27(18-28(23)40-32)41-46-42-10-12-43-13-11-42/h7-9,14-20,39-41H,6,10-13H2,1-5H3/b31-22-,38-19?. The Hall–Kier alpha value is -4.13. The topological polar surface area (TPSA) is 83.1 Å². The third kappa shape index (κ3) is 7.80. The van der Waals surface area contributed by atoms with Crippen molar-refractivity contribution in [1.29, 1.82) is 0 Å². The molecule has 0 radical (unpaired) electrons. The van der Waals surface area contributed by atoms with E-state index >= 15 is 4.39 Å². The van der Waals surface area contributed by atoms with Gasteiger partial charge in [-0.05, 0) is 56.0 Å². The minimum atomic E-state index is -1.15. The first-order valence-electron chi connectivity index (χ1n) is 15.1. The summed E-state index contributed by atoms with van der Waals surface area (Å²) in [6.07, 6.45) is 2.23. The fraction of sp³-hybridized carbons (Fsp3) is 0.324. The van der Waals surface area contributed by atoms with Gasteiger partial charge in [0.15, 0.2) is 23.2 Å². The monoisotopic (exact) mass is 653 g/mol. The van der Waals surface area contributed by atoms with Crippen molar-refractivity contribution in [1.82, 2.24) is 9.29 Å². The van der Waals surface area contributed by atoms with Crippen LogP contribution in [0.25, 0.3) is 10.9 Å². The Morgan fingerprint density at radius 1 is 1.11 bits per heavy atom. The van der Waals surface area contributed by atoms with Crippen molar-refractivity contribution in [2.45, 2.75) is 40.0 Å². The lowest BCUT2D eigenvalue weighted by molar-refractivity contribution is 0.0775. The number of hydrogen-bond donors (Lipinski definition) is 3. The molecule has 5 rings (SSSR count). The molecule has 46 heavy (non-hydrogen) atoms. The predicted octanol–water partition coefficient (Wildman–Crippen LogP) is 8.93. The zero-order chi connectivity index (χ0) is 32.8. The number of aromatic amines is 1. The van der Waals surface area contributed by atoms with E-state index in [0.717, 1.165) is 54.5 Å². The molecule has 1 saturated heterocycles. The van der Waals surface area contributed by atoms with Crippen LogP contribution >= 0.6 is 12.1 Å². The molecule has 0 amide bonds. The number of ether oxygens (including phenoxy) is 3. The van der Waals surface area contributed by atoms with Gasteiger partial charge in [0.25, 0.3) is 0 Å². The number of aliphatic imine (C=N–C) groups is 1. The summed E-state index contributed by atoms with van der Waals surface area (Å²) >= 11 is 1.56. The highest BCUT2D eigenvalue weighted by molar-refractivity contribution is 7.98. The first kappa shape index (κ1) is 33.2. The fourth-order valence-electron chi connectivity index (χ4n) is 5.03. The molecule has 4 aromatic rings. The van der Waals surface area contributed by atoms with Crippen LogP contribution < -0.4 is 19.5 Å². The number of nitrogens with zero attached hydrogens (tertiary/aromatic N) is 2. The molecule has 1 aliphatic rings. The number of aromatic nitrogens is 1. The Kier molecular flexibility index (Phi) is 10.8. The molecule has 1 atom stereocenters. The zero-order valence-corrected chi connectivity index (χ0v) is 27.3. The molecule has 0 aliphatic carbocycles. The Balaban J connectivity index is 1.41. The molecule has 1 unspecified atom stereocenters. The number of hydrogen-bond acceptors (Lipinski definition) is 8. The molecule has 244 valence electrons. The summed E-state index contributed by atoms with van der Waals surface area (Å²) in [5, 5.41) is 4.23. The average Bonchev–Trinajstić information content (AvgIpc) is 3.42. The molecule has 0 spiro atoms. The molecule has 1 aromatic heterocycles. The molecule has 3 aromatic carbocycles. The third-order valence-electron chi connectivity index (χ3n) is 7.71. The maximum Gasteiger partial charge on any atom is 0.201 e. The molecule has 1 fully saturated rings. The van der Waals surface area contributed by atoms with Crippen molar-refractivity contribution in [2.24, 2.45) is 4.99 Å². The molecule has 3 N–H and O–H groups in total. The van der Waals surface area contributed by atoms with E-state index in [9.17, 15) is 8.78 Å². The van der Waals surface area contributed by atoms with Crippen LogP contribution in [-0.2, 0) is 4.74 Å². The summed E-state index contributed by atoms with van der Waals surface area (Å²) in [6, 6.07) is 12.4. The van der Waals surface area contributed by atoms with Crippen molar-refractivity contribution < 1.29 is 27.4 Å². The lowest BCUT2D eigenvalue weighted by Crippen LogP contribution is -2.32. The van der Waals surface area contributed by atoms with Gasteiger partial charge >= 0.3 is 0 Å². The second-order valence-electron chi connectivity index (χ2n) is 11.1. The summed E-state index contributed by atoms with van der Waals surface area (Å²) < 4.78 is 66.6. The highest BCUT2D eigenvalue weighted by Crippen LogP contribution is 2.37. The van der Waals surface area contributed by atoms with Crippen LogP contribution in [0.5, 0.6) is 17.4 Å². The summed E-state index contributed by atoms with van der Waals surface area (Å²) in [4.78, 5) is 7.49. The SMILES string of the molecule is CCC(C)c1c(F)cc(Oc2cccc(F)c2F)cc1N/C(C)=C(/C=NC)Oc1cc2cc(C)c(NSN3CCOCC3)cc2[nH]1. The van der Waals surface area contributed by atoms with E-state index in [1.54, 1.807) is 38.4 Å². The maximum absolute atomic E-state index is 15.5. The highest BCUT2D eigenvalue weighted by Gasteiger charge is 2.20. The summed E-state index contributed by atoms with van der Waals surface area (Å²) in [5.74, 6) is -2.34. The number of aryl methyl sites for hydroxylation is 1. The van der Waals surface area contributed by atoms with Gasteiger partial charge in [0.05, 0.1) is 36.3 Å². The number of anilines is 2. The van der Waals surface area contributed by atoms with E-state index in [1.807, 2.05) is 32.9 Å². The summed E-state index contributed by atoms with van der Waals surface area (Å²) in [7, 11) is 1.63. The Morgan fingerprint density at radius 3 is 2.63 bits per heavy atom. The van der Waals surface area contributed by atoms with Gasteiger partial charge in [-0.25, -0.2) is 13.1 Å². The third-order valence-corrected chi connectivity index (χ3v) is 8.64. The molecular weight excluding hydrogens is 615 g/mol. The van der Waals surface area contributed by atoms with Gasteiger partial charge in [0.2, 0.25) is 5.82 Å². The number of H-pyrrole nitrogens is 1. The second-order valence-corrected chi connectivity index (χ2v) is 12.0. The van der Waals surface area contributed by atoms with Gasteiger partial charge in [-0.15, -0.1) is 0 Å². The number of allylic oxidation sites excluding steroid dienone is 2. The molecule has 1 aliphatic heterocycles. The Labute approximate surface area is 271 Å². The van der Waals surface area contributed by atoms with Gasteiger partial charge < -0.3 is 29.2 Å². The van der Waals surface area contributed by atoms with Crippen LogP contribution in [-0.4, -0.2) is 48.9 Å². The average molecular weight is 654 g/mol. The van der Waals surface area contributed by atoms with E-state index in [-0.39, 0.29) is 17.4 Å². The van der Waals surface area contributed by atoms with Gasteiger partial charge in [-0.1, -0.05) is 19.9 Å². The van der Waals surface area contributed by atoms with Gasteiger partial charge in [0, 0.05) is 67.1 Å². The van der Waals surface area contributed by atoms with E-state index < -0.39 is 17.5 Å². The molecule has 12 heteroatoms. The quantitative estimate of drug-likeness (QED) is 0.0800. The van der Waals surface area contributed by atoms with Crippen LogP contribution in [0.2, 0.25) is 0 Å². The van der Waals surface area contributed by atoms with E-state index in [2.05, 4.69) is 30.4 Å². The fourth-order valence-corrected chi connectivity index (χ4v) is 5.81. The maximum atomic E-state index is 15.5. The first-order chi connectivity index (χ1) is 22.2. The minimum Gasteiger partial charge on any atom is -0.454 e. The van der Waals surface area contributed by atoms with E-state index in [4.69, 9.17) is 14.2 Å². The smallest absolute Gasteiger partial charge is 0.201 e. The van der Waals surface area contributed by atoms with E-state index in [1.165, 1.54) is 18.2 Å². The molecule has 0 saturated carbocycles. The van der Waals surface area contributed by atoms with E-state index in [0.29, 0.717) is 35.0 Å². The van der Waals surface area contributed by atoms with Crippen LogP contribution in [0, 0.1) is 24.4 Å². The van der Waals surface area contributed by atoms with Crippen molar-refractivity contribution in [3.05, 3.63) is 88.6 Å². The number of morpholine rings is 1. The number of rotatable bonds is 12. The molecule has 8 nitrogen and oxygen atoms in total. The van der Waals surface area contributed by atoms with Crippen molar-refractivity contribution in [3.63, 3.8) is 0 Å². The zero-order valence-electron chi connectivity index (χ0n) is 26.5. The molecule has 0 bridgehead atoms. The Morgan fingerprint density at radius 2 is 1.89 bits per heavy atom. The Bertz CT molecular complexity index is 1750. The minimum absolute atomic E-state index is 0.0122. The normalized spacial score (nSPS) is 15.2. The van der Waals surface area contributed by atoms with Crippen molar-refractivity contribution in [2.75, 3.05) is 43.4 Å².